The van der Waals surface area contributed by atoms with Crippen LogP contribution in [0.25, 0.3) is 0 Å². The molecule has 0 aliphatic carbocycles. The monoisotopic (exact) mass is 304 g/mol. The fraction of sp³-hybridized carbons (Fsp3) is 0.417. The second-order valence-corrected chi connectivity index (χ2v) is 6.45. The van der Waals surface area contributed by atoms with Crippen molar-refractivity contribution in [3.63, 3.8) is 0 Å². The minimum absolute atomic E-state index is 0. The van der Waals surface area contributed by atoms with E-state index in [1.54, 1.807) is 12.1 Å². The molecule has 1 saturated heterocycles. The zero-order valence-corrected chi connectivity index (χ0v) is 12.2. The molecular weight excluding hydrogens is 288 g/mol. The third-order valence-electron chi connectivity index (χ3n) is 2.91. The highest BCUT2D eigenvalue weighted by Gasteiger charge is 2.22. The second kappa shape index (κ2) is 6.36. The van der Waals surface area contributed by atoms with Crippen LogP contribution in [0.3, 0.4) is 0 Å². The molecular formula is C12H17ClN2O3S. The van der Waals surface area contributed by atoms with Gasteiger partial charge < -0.3 is 10.6 Å². The Bertz CT molecular complexity index is 554. The van der Waals surface area contributed by atoms with E-state index in [4.69, 9.17) is 0 Å². The molecule has 106 valence electrons. The number of hydrogen-bond donors (Lipinski definition) is 2. The van der Waals surface area contributed by atoms with E-state index in [0.29, 0.717) is 5.69 Å². The Balaban J connectivity index is 0.00000180. The first kappa shape index (κ1) is 15.9. The average Bonchev–Trinajstić information content (AvgIpc) is 2.81. The molecule has 1 aliphatic heterocycles. The van der Waals surface area contributed by atoms with E-state index in [1.165, 1.54) is 12.1 Å². The van der Waals surface area contributed by atoms with Crippen LogP contribution in [-0.2, 0) is 14.6 Å². The van der Waals surface area contributed by atoms with Crippen molar-refractivity contribution in [2.75, 3.05) is 18.1 Å². The zero-order valence-electron chi connectivity index (χ0n) is 10.5. The van der Waals surface area contributed by atoms with Gasteiger partial charge in [0, 0.05) is 11.9 Å². The van der Waals surface area contributed by atoms with Crippen molar-refractivity contribution >= 4 is 33.8 Å². The molecule has 1 fully saturated rings. The van der Waals surface area contributed by atoms with Crippen LogP contribution in [-0.4, -0.2) is 33.2 Å². The number of amides is 1. The Hall–Kier alpha value is -1.11. The second-order valence-electron chi connectivity index (χ2n) is 4.44. The van der Waals surface area contributed by atoms with Gasteiger partial charge in [-0.1, -0.05) is 6.07 Å². The minimum atomic E-state index is -3.25. The Morgan fingerprint density at radius 1 is 1.42 bits per heavy atom. The molecule has 5 nitrogen and oxygen atoms in total. The Morgan fingerprint density at radius 3 is 2.74 bits per heavy atom. The van der Waals surface area contributed by atoms with Gasteiger partial charge in [-0.15, -0.1) is 12.4 Å². The lowest BCUT2D eigenvalue weighted by molar-refractivity contribution is -0.117. The normalized spacial score (nSPS) is 18.7. The van der Waals surface area contributed by atoms with Gasteiger partial charge in [0.05, 0.1) is 10.9 Å². The lowest BCUT2D eigenvalue weighted by Gasteiger charge is -2.11. The van der Waals surface area contributed by atoms with E-state index < -0.39 is 9.84 Å². The summed E-state index contributed by atoms with van der Waals surface area (Å²) in [5.41, 5.74) is 0.511. The number of hydrogen-bond acceptors (Lipinski definition) is 4. The van der Waals surface area contributed by atoms with Crippen LogP contribution in [0.1, 0.15) is 12.8 Å². The molecule has 19 heavy (non-hydrogen) atoms. The number of benzene rings is 1. The molecule has 1 heterocycles. The molecule has 2 rings (SSSR count). The first-order valence-corrected chi connectivity index (χ1v) is 7.70. The van der Waals surface area contributed by atoms with Gasteiger partial charge in [-0.05, 0) is 37.6 Å². The first-order valence-electron chi connectivity index (χ1n) is 5.81. The van der Waals surface area contributed by atoms with Crippen LogP contribution < -0.4 is 10.6 Å². The van der Waals surface area contributed by atoms with Crippen molar-refractivity contribution in [3.05, 3.63) is 24.3 Å². The molecule has 0 saturated carbocycles. The molecule has 0 radical (unpaired) electrons. The van der Waals surface area contributed by atoms with Crippen molar-refractivity contribution in [1.29, 1.82) is 0 Å². The van der Waals surface area contributed by atoms with Gasteiger partial charge in [-0.25, -0.2) is 8.42 Å². The summed E-state index contributed by atoms with van der Waals surface area (Å²) in [4.78, 5) is 12.1. The fourth-order valence-corrected chi connectivity index (χ4v) is 2.61. The highest BCUT2D eigenvalue weighted by molar-refractivity contribution is 7.90. The highest BCUT2D eigenvalue weighted by atomic mass is 35.5. The van der Waals surface area contributed by atoms with Gasteiger partial charge in [0.25, 0.3) is 0 Å². The number of rotatable bonds is 3. The number of sulfone groups is 1. The Kier molecular flexibility index (Phi) is 5.34. The van der Waals surface area contributed by atoms with Crippen LogP contribution in [0.5, 0.6) is 0 Å². The molecule has 0 aromatic heterocycles. The molecule has 1 unspecified atom stereocenters. The van der Waals surface area contributed by atoms with Crippen LogP contribution in [0.2, 0.25) is 0 Å². The predicted molar refractivity (Wildman–Crippen MR) is 76.5 cm³/mol. The van der Waals surface area contributed by atoms with Crippen LogP contribution >= 0.6 is 12.4 Å². The first-order chi connectivity index (χ1) is 8.47. The minimum Gasteiger partial charge on any atom is -0.325 e. The molecule has 0 bridgehead atoms. The third-order valence-corrected chi connectivity index (χ3v) is 4.02. The van der Waals surface area contributed by atoms with Crippen molar-refractivity contribution < 1.29 is 13.2 Å². The maximum Gasteiger partial charge on any atom is 0.241 e. The predicted octanol–water partition coefficient (Wildman–Crippen LogP) is 1.20. The lowest BCUT2D eigenvalue weighted by Crippen LogP contribution is -2.35. The lowest BCUT2D eigenvalue weighted by atomic mass is 10.2. The maximum atomic E-state index is 11.9. The number of carbonyl (C=O) groups excluding carboxylic acids is 1. The maximum absolute atomic E-state index is 11.9. The molecule has 7 heteroatoms. The van der Waals surface area contributed by atoms with E-state index in [0.717, 1.165) is 25.6 Å². The summed E-state index contributed by atoms with van der Waals surface area (Å²) in [6, 6.07) is 6.11. The Labute approximate surface area is 119 Å². The highest BCUT2D eigenvalue weighted by Crippen LogP contribution is 2.16. The summed E-state index contributed by atoms with van der Waals surface area (Å²) in [6.07, 6.45) is 2.95. The van der Waals surface area contributed by atoms with Gasteiger partial charge in [0.2, 0.25) is 5.91 Å². The van der Waals surface area contributed by atoms with Crippen LogP contribution in [0.4, 0.5) is 5.69 Å². The molecule has 0 spiro atoms. The smallest absolute Gasteiger partial charge is 0.241 e. The molecule has 2 N–H and O–H groups in total. The van der Waals surface area contributed by atoms with Crippen molar-refractivity contribution in [1.82, 2.24) is 5.32 Å². The summed E-state index contributed by atoms with van der Waals surface area (Å²) in [5.74, 6) is -0.113. The summed E-state index contributed by atoms with van der Waals surface area (Å²) in [6.45, 7) is 0.849. The van der Waals surface area contributed by atoms with Gasteiger partial charge in [-0.3, -0.25) is 4.79 Å². The topological polar surface area (TPSA) is 75.3 Å². The van der Waals surface area contributed by atoms with Crippen molar-refractivity contribution in [3.8, 4) is 0 Å². The number of halogens is 1. The summed E-state index contributed by atoms with van der Waals surface area (Å²) in [5, 5.41) is 5.82. The molecule has 1 aliphatic rings. The number of nitrogens with one attached hydrogen (secondary N) is 2. The van der Waals surface area contributed by atoms with E-state index in [9.17, 15) is 13.2 Å². The molecule has 1 aromatic rings. The third kappa shape index (κ3) is 4.19. The standard InChI is InChI=1S/C12H16N2O3S.ClH/c1-18(16,17)10-5-2-4-9(8-10)14-12(15)11-6-3-7-13-11;/h2,4-5,8,11,13H,3,6-7H2,1H3,(H,14,15);1H. The quantitative estimate of drug-likeness (QED) is 0.880. The van der Waals surface area contributed by atoms with Gasteiger partial charge in [-0.2, -0.15) is 0 Å². The summed E-state index contributed by atoms with van der Waals surface area (Å²) in [7, 11) is -3.25. The van der Waals surface area contributed by atoms with E-state index >= 15 is 0 Å². The van der Waals surface area contributed by atoms with Crippen molar-refractivity contribution in [2.45, 2.75) is 23.8 Å². The van der Waals surface area contributed by atoms with Crippen molar-refractivity contribution in [2.24, 2.45) is 0 Å². The van der Waals surface area contributed by atoms with Gasteiger partial charge >= 0.3 is 0 Å². The molecule has 1 amide bonds. The van der Waals surface area contributed by atoms with Gasteiger partial charge in [0.15, 0.2) is 9.84 Å². The SMILES string of the molecule is CS(=O)(=O)c1cccc(NC(=O)C2CCCN2)c1.Cl. The molecule has 1 aromatic carbocycles. The van der Waals surface area contributed by atoms with Crippen LogP contribution in [0.15, 0.2) is 29.2 Å². The number of carbonyl (C=O) groups is 1. The fourth-order valence-electron chi connectivity index (χ4n) is 1.94. The summed E-state index contributed by atoms with van der Waals surface area (Å²) < 4.78 is 22.8. The summed E-state index contributed by atoms with van der Waals surface area (Å²) >= 11 is 0. The zero-order chi connectivity index (χ0) is 13.2. The van der Waals surface area contributed by atoms with E-state index in [-0.39, 0.29) is 29.3 Å². The van der Waals surface area contributed by atoms with E-state index in [1.807, 2.05) is 0 Å². The largest absolute Gasteiger partial charge is 0.325 e. The molecule has 1 atom stereocenters. The Morgan fingerprint density at radius 2 is 2.16 bits per heavy atom. The average molecular weight is 305 g/mol. The van der Waals surface area contributed by atoms with Gasteiger partial charge in [0.1, 0.15) is 0 Å². The van der Waals surface area contributed by atoms with E-state index in [2.05, 4.69) is 10.6 Å². The van der Waals surface area contributed by atoms with Crippen LogP contribution in [0, 0.1) is 0 Å². The number of anilines is 1.